The van der Waals surface area contributed by atoms with Crippen molar-refractivity contribution in [1.82, 2.24) is 4.57 Å². The zero-order chi connectivity index (χ0) is 29.1. The molecule has 1 aromatic heterocycles. The van der Waals surface area contributed by atoms with Crippen LogP contribution in [0.2, 0.25) is 5.02 Å². The van der Waals surface area contributed by atoms with Crippen LogP contribution in [0.4, 0.5) is 0 Å². The summed E-state index contributed by atoms with van der Waals surface area (Å²) in [5, 5.41) is 0.665. The van der Waals surface area contributed by atoms with Crippen LogP contribution in [0.5, 0.6) is 11.5 Å². The quantitative estimate of drug-likeness (QED) is 0.176. The molecule has 10 heteroatoms. The number of carbonyl (C=O) groups excluding carboxylic acids is 1. The predicted octanol–water partition coefficient (Wildman–Crippen LogP) is 5.64. The van der Waals surface area contributed by atoms with Crippen molar-refractivity contribution in [2.24, 2.45) is 4.99 Å². The number of methoxy groups -OCH3 is 2. The molecule has 0 saturated heterocycles. The standard InChI is InChI=1S/C31H26ClIN2O5S/c1-4-23-26(30(37)39-3)27(20-8-6-5-7-9-20)35-29(36)25(41-31(35)34-23)16-19-14-22(33)28(24(15-19)38-2)40-17-18-10-12-21(32)13-11-18/h5-16,27H,4,17H2,1-3H3/b25-16+/t27-/m1/s1. The maximum Gasteiger partial charge on any atom is 0.338 e. The maximum atomic E-state index is 13.9. The van der Waals surface area contributed by atoms with Gasteiger partial charge in [-0.25, -0.2) is 9.79 Å². The Bertz CT molecular complexity index is 1810. The normalized spacial score (nSPS) is 14.9. The van der Waals surface area contributed by atoms with E-state index in [0.29, 0.717) is 50.2 Å². The number of fused-ring (bicyclic) bond motifs is 1. The Balaban J connectivity index is 1.58. The molecule has 210 valence electrons. The summed E-state index contributed by atoms with van der Waals surface area (Å²) in [6.07, 6.45) is 2.33. The van der Waals surface area contributed by atoms with E-state index in [1.54, 1.807) is 11.7 Å². The van der Waals surface area contributed by atoms with Crippen LogP contribution in [0, 0.1) is 3.57 Å². The average Bonchev–Trinajstić information content (AvgIpc) is 3.30. The van der Waals surface area contributed by atoms with Gasteiger partial charge in [0.1, 0.15) is 6.61 Å². The first kappa shape index (κ1) is 29.1. The zero-order valence-corrected chi connectivity index (χ0v) is 26.2. The smallest absolute Gasteiger partial charge is 0.338 e. The fourth-order valence-corrected chi connectivity index (χ4v) is 6.59. The van der Waals surface area contributed by atoms with Crippen molar-refractivity contribution in [1.29, 1.82) is 0 Å². The van der Waals surface area contributed by atoms with Gasteiger partial charge < -0.3 is 14.2 Å². The molecular weight excluding hydrogens is 675 g/mol. The Hall–Kier alpha value is -3.41. The van der Waals surface area contributed by atoms with Gasteiger partial charge in [0.15, 0.2) is 16.3 Å². The lowest BCUT2D eigenvalue weighted by molar-refractivity contribution is -0.136. The molecule has 0 saturated carbocycles. The number of allylic oxidation sites excluding steroid dienone is 1. The molecule has 1 aliphatic rings. The van der Waals surface area contributed by atoms with Gasteiger partial charge in [-0.05, 0) is 76.0 Å². The molecule has 0 radical (unpaired) electrons. The Morgan fingerprint density at radius 3 is 2.51 bits per heavy atom. The Labute approximate surface area is 259 Å². The third-order valence-electron chi connectivity index (χ3n) is 6.61. The van der Waals surface area contributed by atoms with Crippen molar-refractivity contribution >= 4 is 57.6 Å². The summed E-state index contributed by atoms with van der Waals surface area (Å²) in [6, 6.07) is 20.1. The highest BCUT2D eigenvalue weighted by atomic mass is 127. The van der Waals surface area contributed by atoms with Gasteiger partial charge in [0.2, 0.25) is 0 Å². The summed E-state index contributed by atoms with van der Waals surface area (Å²) in [5.74, 6) is 0.663. The van der Waals surface area contributed by atoms with Crippen LogP contribution in [0.1, 0.15) is 36.1 Å². The molecule has 0 aliphatic carbocycles. The highest BCUT2D eigenvalue weighted by Gasteiger charge is 2.33. The van der Waals surface area contributed by atoms with Gasteiger partial charge in [-0.3, -0.25) is 9.36 Å². The monoisotopic (exact) mass is 700 g/mol. The number of aromatic nitrogens is 1. The van der Waals surface area contributed by atoms with E-state index in [9.17, 15) is 9.59 Å². The first-order valence-electron chi connectivity index (χ1n) is 12.8. The molecule has 5 rings (SSSR count). The minimum absolute atomic E-state index is 0.240. The molecule has 1 aliphatic heterocycles. The molecule has 3 aromatic carbocycles. The van der Waals surface area contributed by atoms with E-state index < -0.39 is 12.0 Å². The first-order valence-corrected chi connectivity index (χ1v) is 15.0. The molecule has 4 aromatic rings. The van der Waals surface area contributed by atoms with Crippen molar-refractivity contribution < 1.29 is 19.0 Å². The largest absolute Gasteiger partial charge is 0.493 e. The van der Waals surface area contributed by atoms with E-state index in [1.165, 1.54) is 18.4 Å². The number of halogens is 2. The minimum atomic E-state index is -0.643. The Morgan fingerprint density at radius 1 is 1.12 bits per heavy atom. The van der Waals surface area contributed by atoms with Crippen LogP contribution in [0.3, 0.4) is 0 Å². The molecule has 7 nitrogen and oxygen atoms in total. The number of hydrogen-bond donors (Lipinski definition) is 0. The second-order valence-corrected chi connectivity index (χ2v) is 11.8. The van der Waals surface area contributed by atoms with Crippen molar-refractivity contribution in [2.75, 3.05) is 14.2 Å². The van der Waals surface area contributed by atoms with Gasteiger partial charge in [0, 0.05) is 5.02 Å². The van der Waals surface area contributed by atoms with E-state index in [-0.39, 0.29) is 5.56 Å². The maximum absolute atomic E-state index is 13.9. The SMILES string of the molecule is CCC1=C(C(=O)OC)[C@@H](c2ccccc2)n2c(s/c(=C/c3cc(I)c(OCc4ccc(Cl)cc4)c(OC)c3)c2=O)=N1. The first-order chi connectivity index (χ1) is 19.8. The van der Waals surface area contributed by atoms with Crippen molar-refractivity contribution in [3.63, 3.8) is 0 Å². The summed E-state index contributed by atoms with van der Waals surface area (Å²) < 4.78 is 19.8. The van der Waals surface area contributed by atoms with Crippen molar-refractivity contribution in [3.8, 4) is 11.5 Å². The number of nitrogens with zero attached hydrogens (tertiary/aromatic N) is 2. The number of thiazole rings is 1. The molecule has 0 unspecified atom stereocenters. The summed E-state index contributed by atoms with van der Waals surface area (Å²) in [5.41, 5.74) is 3.30. The third-order valence-corrected chi connectivity index (χ3v) is 8.65. The second-order valence-electron chi connectivity index (χ2n) is 9.15. The lowest BCUT2D eigenvalue weighted by atomic mass is 9.95. The number of esters is 1. The topological polar surface area (TPSA) is 79.1 Å². The molecular formula is C31H26ClIN2O5S. The number of ether oxygens (including phenoxy) is 3. The van der Waals surface area contributed by atoms with Crippen LogP contribution in [0.25, 0.3) is 6.08 Å². The van der Waals surface area contributed by atoms with E-state index in [4.69, 9.17) is 30.8 Å². The minimum Gasteiger partial charge on any atom is -0.493 e. The Kier molecular flexibility index (Phi) is 8.96. The van der Waals surface area contributed by atoms with Crippen molar-refractivity contribution in [3.05, 3.63) is 123 Å². The van der Waals surface area contributed by atoms with E-state index in [2.05, 4.69) is 22.6 Å². The molecule has 41 heavy (non-hydrogen) atoms. The highest BCUT2D eigenvalue weighted by molar-refractivity contribution is 14.1. The number of hydrogen-bond acceptors (Lipinski definition) is 7. The summed E-state index contributed by atoms with van der Waals surface area (Å²) in [6.45, 7) is 2.28. The van der Waals surface area contributed by atoms with Crippen LogP contribution >= 0.6 is 45.5 Å². The van der Waals surface area contributed by atoms with Crippen molar-refractivity contribution in [2.45, 2.75) is 26.0 Å². The average molecular weight is 701 g/mol. The zero-order valence-electron chi connectivity index (χ0n) is 22.5. The predicted molar refractivity (Wildman–Crippen MR) is 168 cm³/mol. The fourth-order valence-electron chi connectivity index (χ4n) is 4.67. The molecule has 0 fully saturated rings. The van der Waals surface area contributed by atoms with Gasteiger partial charge in [-0.2, -0.15) is 0 Å². The summed E-state index contributed by atoms with van der Waals surface area (Å²) in [7, 11) is 2.92. The number of benzene rings is 3. The molecule has 2 heterocycles. The highest BCUT2D eigenvalue weighted by Crippen LogP contribution is 2.35. The van der Waals surface area contributed by atoms with Crippen LogP contribution in [-0.4, -0.2) is 24.8 Å². The van der Waals surface area contributed by atoms with E-state index in [0.717, 1.165) is 20.3 Å². The lowest BCUT2D eigenvalue weighted by Gasteiger charge is -2.25. The van der Waals surface area contributed by atoms with Gasteiger partial charge >= 0.3 is 5.97 Å². The fraction of sp³-hybridized carbons (Fsp3) is 0.194. The van der Waals surface area contributed by atoms with Gasteiger partial charge in [-0.15, -0.1) is 0 Å². The van der Waals surface area contributed by atoms with Gasteiger partial charge in [-0.1, -0.05) is 72.3 Å². The van der Waals surface area contributed by atoms with Crippen LogP contribution < -0.4 is 24.4 Å². The number of carbonyl (C=O) groups is 1. The van der Waals surface area contributed by atoms with Crippen LogP contribution in [0.15, 0.2) is 87.8 Å². The third kappa shape index (κ3) is 5.98. The molecule has 0 amide bonds. The lowest BCUT2D eigenvalue weighted by Crippen LogP contribution is -2.40. The van der Waals surface area contributed by atoms with Crippen LogP contribution in [-0.2, 0) is 16.1 Å². The van der Waals surface area contributed by atoms with E-state index in [1.807, 2.05) is 79.7 Å². The van der Waals surface area contributed by atoms with Gasteiger partial charge in [0.05, 0.1) is 39.6 Å². The van der Waals surface area contributed by atoms with E-state index >= 15 is 0 Å². The molecule has 0 bridgehead atoms. The summed E-state index contributed by atoms with van der Waals surface area (Å²) in [4.78, 5) is 32.1. The molecule has 0 N–H and O–H groups in total. The summed E-state index contributed by atoms with van der Waals surface area (Å²) >= 11 is 9.48. The van der Waals surface area contributed by atoms with Gasteiger partial charge in [0.25, 0.3) is 5.56 Å². The number of rotatable bonds is 8. The molecule has 0 spiro atoms. The second kappa shape index (κ2) is 12.6. The Morgan fingerprint density at radius 2 is 1.85 bits per heavy atom. The molecule has 1 atom stereocenters.